The highest BCUT2D eigenvalue weighted by atomic mass is 32.1. The second-order valence-electron chi connectivity index (χ2n) is 5.20. The summed E-state index contributed by atoms with van der Waals surface area (Å²) in [7, 11) is 0. The lowest BCUT2D eigenvalue weighted by molar-refractivity contribution is 1.23. The summed E-state index contributed by atoms with van der Waals surface area (Å²) in [4.78, 5) is 13.9. The van der Waals surface area contributed by atoms with Gasteiger partial charge in [0.1, 0.15) is 17.0 Å². The highest BCUT2D eigenvalue weighted by Crippen LogP contribution is 2.26. The zero-order chi connectivity index (χ0) is 16.2. The molecule has 0 saturated carbocycles. The van der Waals surface area contributed by atoms with E-state index in [-0.39, 0.29) is 0 Å². The maximum Gasteiger partial charge on any atom is 0.142 e. The molecule has 4 aromatic rings. The minimum absolute atomic E-state index is 0.826. The van der Waals surface area contributed by atoms with Crippen LogP contribution >= 0.6 is 11.3 Å². The Balaban J connectivity index is 1.59. The molecule has 0 aliphatic carbocycles. The first kappa shape index (κ1) is 14.5. The predicted octanol–water partition coefficient (Wildman–Crippen LogP) is 5.00. The molecule has 3 heterocycles. The molecule has 116 valence electrons. The van der Waals surface area contributed by atoms with Crippen molar-refractivity contribution >= 4 is 45.2 Å². The third-order valence-electron chi connectivity index (χ3n) is 3.55. The normalized spacial score (nSPS) is 11.2. The van der Waals surface area contributed by atoms with Crippen LogP contribution < -0.4 is 5.32 Å². The lowest BCUT2D eigenvalue weighted by atomic mass is 10.1. The standard InChI is InChI=1S/C19H14N4S/c1-2-10-20-15(5-1)8-7-14-4-3-6-16(12-14)23-18-17-9-11-24-19(17)22-13-21-18/h1-13H,(H,21,22,23). The molecule has 0 unspecified atom stereocenters. The lowest BCUT2D eigenvalue weighted by Crippen LogP contribution is -1.94. The van der Waals surface area contributed by atoms with Gasteiger partial charge < -0.3 is 5.32 Å². The Hall–Kier alpha value is -3.05. The van der Waals surface area contributed by atoms with Crippen LogP contribution in [0.3, 0.4) is 0 Å². The van der Waals surface area contributed by atoms with Gasteiger partial charge in [-0.2, -0.15) is 0 Å². The summed E-state index contributed by atoms with van der Waals surface area (Å²) in [5.74, 6) is 0.826. The van der Waals surface area contributed by atoms with Gasteiger partial charge in [0, 0.05) is 11.9 Å². The van der Waals surface area contributed by atoms with E-state index in [0.717, 1.165) is 33.0 Å². The maximum absolute atomic E-state index is 4.35. The number of nitrogens with zero attached hydrogens (tertiary/aromatic N) is 3. The van der Waals surface area contributed by atoms with E-state index >= 15 is 0 Å². The molecule has 0 spiro atoms. The summed E-state index contributed by atoms with van der Waals surface area (Å²) in [5.41, 5.74) is 3.03. The number of hydrogen-bond donors (Lipinski definition) is 1. The number of thiophene rings is 1. The molecule has 0 saturated heterocycles. The van der Waals surface area contributed by atoms with Crippen molar-refractivity contribution in [2.75, 3.05) is 5.32 Å². The van der Waals surface area contributed by atoms with E-state index in [2.05, 4.69) is 32.4 Å². The number of pyridine rings is 1. The van der Waals surface area contributed by atoms with E-state index in [1.165, 1.54) is 0 Å². The molecule has 0 amide bonds. The Kier molecular flexibility index (Phi) is 4.00. The van der Waals surface area contributed by atoms with E-state index < -0.39 is 0 Å². The highest BCUT2D eigenvalue weighted by molar-refractivity contribution is 7.16. The van der Waals surface area contributed by atoms with Gasteiger partial charge in [0.05, 0.1) is 11.1 Å². The van der Waals surface area contributed by atoms with Gasteiger partial charge >= 0.3 is 0 Å². The summed E-state index contributed by atoms with van der Waals surface area (Å²) in [5, 5.41) is 6.44. The fourth-order valence-corrected chi connectivity index (χ4v) is 3.14. The molecule has 24 heavy (non-hydrogen) atoms. The molecule has 1 aromatic carbocycles. The molecule has 4 rings (SSSR count). The van der Waals surface area contributed by atoms with Gasteiger partial charge in [0.2, 0.25) is 0 Å². The Morgan fingerprint density at radius 2 is 1.92 bits per heavy atom. The number of anilines is 2. The van der Waals surface area contributed by atoms with Gasteiger partial charge in [-0.3, -0.25) is 4.98 Å². The topological polar surface area (TPSA) is 50.7 Å². The van der Waals surface area contributed by atoms with Crippen molar-refractivity contribution in [2.45, 2.75) is 0 Å². The third kappa shape index (κ3) is 3.16. The number of rotatable bonds is 4. The first-order valence-corrected chi connectivity index (χ1v) is 8.41. The molecular formula is C19H14N4S. The molecule has 4 nitrogen and oxygen atoms in total. The SMILES string of the molecule is C(=Cc1ccccn1)c1cccc(Nc2ncnc3sccc23)c1. The van der Waals surface area contributed by atoms with E-state index in [0.29, 0.717) is 0 Å². The van der Waals surface area contributed by atoms with Crippen LogP contribution in [-0.4, -0.2) is 15.0 Å². The van der Waals surface area contributed by atoms with Crippen LogP contribution in [0.4, 0.5) is 11.5 Å². The molecule has 0 aliphatic rings. The number of nitrogens with one attached hydrogen (secondary N) is 1. The van der Waals surface area contributed by atoms with E-state index in [1.807, 2.05) is 53.9 Å². The molecule has 0 bridgehead atoms. The van der Waals surface area contributed by atoms with Crippen LogP contribution in [0.1, 0.15) is 11.3 Å². The highest BCUT2D eigenvalue weighted by Gasteiger charge is 2.04. The van der Waals surface area contributed by atoms with Crippen LogP contribution in [0.25, 0.3) is 22.4 Å². The maximum atomic E-state index is 4.35. The Morgan fingerprint density at radius 1 is 0.917 bits per heavy atom. The fraction of sp³-hybridized carbons (Fsp3) is 0. The lowest BCUT2D eigenvalue weighted by Gasteiger charge is -2.07. The van der Waals surface area contributed by atoms with Gasteiger partial charge in [0.15, 0.2) is 0 Å². The summed E-state index contributed by atoms with van der Waals surface area (Å²) in [6.45, 7) is 0. The minimum Gasteiger partial charge on any atom is -0.340 e. The molecular weight excluding hydrogens is 316 g/mol. The first-order chi connectivity index (χ1) is 11.9. The van der Waals surface area contributed by atoms with Crippen molar-refractivity contribution in [3.8, 4) is 0 Å². The van der Waals surface area contributed by atoms with Crippen molar-refractivity contribution in [2.24, 2.45) is 0 Å². The number of fused-ring (bicyclic) bond motifs is 1. The minimum atomic E-state index is 0.826. The van der Waals surface area contributed by atoms with E-state index in [1.54, 1.807) is 23.9 Å². The monoisotopic (exact) mass is 330 g/mol. The third-order valence-corrected chi connectivity index (χ3v) is 4.37. The van der Waals surface area contributed by atoms with Gasteiger partial charge in [-0.05, 0) is 47.4 Å². The van der Waals surface area contributed by atoms with Crippen molar-refractivity contribution in [1.29, 1.82) is 0 Å². The molecule has 5 heteroatoms. The molecule has 0 radical (unpaired) electrons. The largest absolute Gasteiger partial charge is 0.340 e. The Bertz CT molecular complexity index is 992. The smallest absolute Gasteiger partial charge is 0.142 e. The van der Waals surface area contributed by atoms with Crippen molar-refractivity contribution < 1.29 is 0 Å². The molecule has 0 fully saturated rings. The van der Waals surface area contributed by atoms with Crippen molar-refractivity contribution in [1.82, 2.24) is 15.0 Å². The summed E-state index contributed by atoms with van der Waals surface area (Å²) in [6.07, 6.45) is 7.43. The van der Waals surface area contributed by atoms with Crippen LogP contribution in [0, 0.1) is 0 Å². The molecule has 0 atom stereocenters. The van der Waals surface area contributed by atoms with Crippen LogP contribution in [-0.2, 0) is 0 Å². The van der Waals surface area contributed by atoms with Crippen molar-refractivity contribution in [3.05, 3.63) is 77.7 Å². The fourth-order valence-electron chi connectivity index (χ4n) is 2.40. The zero-order valence-corrected chi connectivity index (χ0v) is 13.6. The van der Waals surface area contributed by atoms with Gasteiger partial charge in [0.25, 0.3) is 0 Å². The second kappa shape index (κ2) is 6.60. The Morgan fingerprint density at radius 3 is 2.83 bits per heavy atom. The zero-order valence-electron chi connectivity index (χ0n) is 12.8. The molecule has 1 N–H and O–H groups in total. The molecule has 0 aliphatic heterocycles. The van der Waals surface area contributed by atoms with Crippen LogP contribution in [0.2, 0.25) is 0 Å². The van der Waals surface area contributed by atoms with Crippen LogP contribution in [0.15, 0.2) is 66.4 Å². The van der Waals surface area contributed by atoms with Gasteiger partial charge in [-0.15, -0.1) is 11.3 Å². The quantitative estimate of drug-likeness (QED) is 0.572. The number of benzene rings is 1. The van der Waals surface area contributed by atoms with Gasteiger partial charge in [-0.1, -0.05) is 24.3 Å². The average Bonchev–Trinajstić information content (AvgIpc) is 3.11. The van der Waals surface area contributed by atoms with Gasteiger partial charge in [-0.25, -0.2) is 9.97 Å². The summed E-state index contributed by atoms with van der Waals surface area (Å²) in [6, 6.07) is 16.1. The van der Waals surface area contributed by atoms with Crippen LogP contribution in [0.5, 0.6) is 0 Å². The summed E-state index contributed by atoms with van der Waals surface area (Å²) >= 11 is 1.61. The number of aromatic nitrogens is 3. The average molecular weight is 330 g/mol. The van der Waals surface area contributed by atoms with Crippen molar-refractivity contribution in [3.63, 3.8) is 0 Å². The number of hydrogen-bond acceptors (Lipinski definition) is 5. The van der Waals surface area contributed by atoms with E-state index in [9.17, 15) is 0 Å². The first-order valence-electron chi connectivity index (χ1n) is 7.53. The predicted molar refractivity (Wildman–Crippen MR) is 100 cm³/mol. The summed E-state index contributed by atoms with van der Waals surface area (Å²) < 4.78 is 0. The second-order valence-corrected chi connectivity index (χ2v) is 6.09. The Labute approximate surface area is 143 Å². The molecule has 3 aromatic heterocycles. The van der Waals surface area contributed by atoms with E-state index in [4.69, 9.17) is 0 Å².